The molecule has 18 heavy (non-hydrogen) atoms. The van der Waals surface area contributed by atoms with Crippen LogP contribution in [0.25, 0.3) is 0 Å². The lowest BCUT2D eigenvalue weighted by molar-refractivity contribution is -0.119. The van der Waals surface area contributed by atoms with Crippen molar-refractivity contribution in [3.63, 3.8) is 0 Å². The zero-order valence-corrected chi connectivity index (χ0v) is 12.0. The van der Waals surface area contributed by atoms with Crippen molar-refractivity contribution in [2.24, 2.45) is 0 Å². The maximum atomic E-state index is 11.5. The Bertz CT molecular complexity index is 388. The van der Waals surface area contributed by atoms with E-state index in [9.17, 15) is 4.79 Å². The summed E-state index contributed by atoms with van der Waals surface area (Å²) in [5, 5.41) is 5.96. The van der Waals surface area contributed by atoms with Crippen LogP contribution >= 0.6 is 0 Å². The van der Waals surface area contributed by atoms with Gasteiger partial charge in [0.1, 0.15) is 0 Å². The van der Waals surface area contributed by atoms with Gasteiger partial charge in [0.25, 0.3) is 0 Å². The standard InChI is InChI=1S/C15H24N2O/c1-11(2)17-14(18)10-16-13-8-6-12(7-9-13)15(3,4)5/h6-9,11,16H,10H2,1-5H3,(H,17,18). The normalized spacial score (nSPS) is 11.4. The number of hydrogen-bond donors (Lipinski definition) is 2. The highest BCUT2D eigenvalue weighted by atomic mass is 16.1. The van der Waals surface area contributed by atoms with Crippen LogP contribution < -0.4 is 10.6 Å². The fourth-order valence-corrected chi connectivity index (χ4v) is 1.64. The smallest absolute Gasteiger partial charge is 0.239 e. The lowest BCUT2D eigenvalue weighted by Gasteiger charge is -2.19. The molecule has 1 aromatic rings. The molecule has 0 atom stereocenters. The van der Waals surface area contributed by atoms with Gasteiger partial charge in [-0.25, -0.2) is 0 Å². The summed E-state index contributed by atoms with van der Waals surface area (Å²) in [5.41, 5.74) is 2.43. The molecule has 0 bridgehead atoms. The second-order valence-corrected chi connectivity index (χ2v) is 5.90. The lowest BCUT2D eigenvalue weighted by Crippen LogP contribution is -2.34. The minimum atomic E-state index is 0.0184. The summed E-state index contributed by atoms with van der Waals surface area (Å²) in [6.07, 6.45) is 0. The molecule has 0 unspecified atom stereocenters. The van der Waals surface area contributed by atoms with E-state index in [1.54, 1.807) is 0 Å². The van der Waals surface area contributed by atoms with E-state index in [-0.39, 0.29) is 17.4 Å². The van der Waals surface area contributed by atoms with Crippen LogP contribution in [0.3, 0.4) is 0 Å². The number of carbonyl (C=O) groups is 1. The van der Waals surface area contributed by atoms with Crippen molar-refractivity contribution in [2.45, 2.75) is 46.1 Å². The molecule has 1 rings (SSSR count). The molecule has 0 saturated heterocycles. The van der Waals surface area contributed by atoms with Gasteiger partial charge in [-0.15, -0.1) is 0 Å². The summed E-state index contributed by atoms with van der Waals surface area (Å²) in [6, 6.07) is 8.42. The van der Waals surface area contributed by atoms with Crippen LogP contribution in [-0.2, 0) is 10.2 Å². The number of anilines is 1. The summed E-state index contributed by atoms with van der Waals surface area (Å²) < 4.78 is 0. The first kappa shape index (κ1) is 14.6. The Labute approximate surface area is 110 Å². The Balaban J connectivity index is 2.52. The molecule has 3 heteroatoms. The Kier molecular flexibility index (Phi) is 4.76. The molecule has 0 aliphatic heterocycles. The van der Waals surface area contributed by atoms with Crippen LogP contribution in [0.15, 0.2) is 24.3 Å². The van der Waals surface area contributed by atoms with Crippen LogP contribution in [0.4, 0.5) is 5.69 Å². The molecule has 0 aliphatic carbocycles. The van der Waals surface area contributed by atoms with E-state index >= 15 is 0 Å². The SMILES string of the molecule is CC(C)NC(=O)CNc1ccc(C(C)(C)C)cc1. The average molecular weight is 248 g/mol. The maximum absolute atomic E-state index is 11.5. The van der Waals surface area contributed by atoms with Crippen molar-refractivity contribution in [1.29, 1.82) is 0 Å². The van der Waals surface area contributed by atoms with Gasteiger partial charge in [0, 0.05) is 11.7 Å². The Morgan fingerprint density at radius 3 is 2.17 bits per heavy atom. The average Bonchev–Trinajstić information content (AvgIpc) is 2.25. The van der Waals surface area contributed by atoms with Crippen LogP contribution in [0.1, 0.15) is 40.2 Å². The summed E-state index contributed by atoms with van der Waals surface area (Å²) in [5.74, 6) is 0.0184. The maximum Gasteiger partial charge on any atom is 0.239 e. The Morgan fingerprint density at radius 1 is 1.17 bits per heavy atom. The van der Waals surface area contributed by atoms with Crippen molar-refractivity contribution < 1.29 is 4.79 Å². The Hall–Kier alpha value is -1.51. The van der Waals surface area contributed by atoms with E-state index in [2.05, 4.69) is 43.5 Å². The molecule has 0 spiro atoms. The van der Waals surface area contributed by atoms with Crippen molar-refractivity contribution in [2.75, 3.05) is 11.9 Å². The largest absolute Gasteiger partial charge is 0.376 e. The summed E-state index contributed by atoms with van der Waals surface area (Å²) in [4.78, 5) is 11.5. The van der Waals surface area contributed by atoms with Crippen molar-refractivity contribution in [1.82, 2.24) is 5.32 Å². The van der Waals surface area contributed by atoms with Gasteiger partial charge in [0.2, 0.25) is 5.91 Å². The molecule has 1 amide bonds. The second-order valence-electron chi connectivity index (χ2n) is 5.90. The lowest BCUT2D eigenvalue weighted by atomic mass is 9.87. The van der Waals surface area contributed by atoms with E-state index in [1.165, 1.54) is 5.56 Å². The molecule has 1 aromatic carbocycles. The quantitative estimate of drug-likeness (QED) is 0.860. The molecule has 100 valence electrons. The van der Waals surface area contributed by atoms with E-state index in [4.69, 9.17) is 0 Å². The topological polar surface area (TPSA) is 41.1 Å². The highest BCUT2D eigenvalue weighted by molar-refractivity contribution is 5.80. The molecular formula is C15H24N2O. The molecule has 0 aromatic heterocycles. The van der Waals surface area contributed by atoms with Gasteiger partial charge in [0.05, 0.1) is 6.54 Å². The van der Waals surface area contributed by atoms with Gasteiger partial charge in [-0.1, -0.05) is 32.9 Å². The van der Waals surface area contributed by atoms with E-state index < -0.39 is 0 Å². The van der Waals surface area contributed by atoms with Gasteiger partial charge in [0.15, 0.2) is 0 Å². The second kappa shape index (κ2) is 5.89. The summed E-state index contributed by atoms with van der Waals surface area (Å²) >= 11 is 0. The van der Waals surface area contributed by atoms with Gasteiger partial charge >= 0.3 is 0 Å². The van der Waals surface area contributed by atoms with Crippen LogP contribution in [0.2, 0.25) is 0 Å². The molecule has 0 heterocycles. The van der Waals surface area contributed by atoms with Crippen molar-refractivity contribution in [3.8, 4) is 0 Å². The summed E-state index contributed by atoms with van der Waals surface area (Å²) in [7, 11) is 0. The minimum absolute atomic E-state index is 0.0184. The van der Waals surface area contributed by atoms with Crippen LogP contribution in [0, 0.1) is 0 Å². The number of benzene rings is 1. The predicted octanol–water partition coefficient (Wildman–Crippen LogP) is 2.92. The third-order valence-electron chi connectivity index (χ3n) is 2.65. The minimum Gasteiger partial charge on any atom is -0.376 e. The third kappa shape index (κ3) is 4.78. The zero-order chi connectivity index (χ0) is 13.8. The first-order chi connectivity index (χ1) is 8.29. The highest BCUT2D eigenvalue weighted by Gasteiger charge is 2.12. The molecular weight excluding hydrogens is 224 g/mol. The first-order valence-electron chi connectivity index (χ1n) is 6.43. The van der Waals surface area contributed by atoms with Crippen molar-refractivity contribution in [3.05, 3.63) is 29.8 Å². The van der Waals surface area contributed by atoms with E-state index in [1.807, 2.05) is 26.0 Å². The number of nitrogens with one attached hydrogen (secondary N) is 2. The molecule has 2 N–H and O–H groups in total. The monoisotopic (exact) mass is 248 g/mol. The fourth-order valence-electron chi connectivity index (χ4n) is 1.64. The van der Waals surface area contributed by atoms with Gasteiger partial charge < -0.3 is 10.6 Å². The zero-order valence-electron chi connectivity index (χ0n) is 12.0. The predicted molar refractivity (Wildman–Crippen MR) is 76.9 cm³/mol. The third-order valence-corrected chi connectivity index (χ3v) is 2.65. The van der Waals surface area contributed by atoms with Crippen LogP contribution in [-0.4, -0.2) is 18.5 Å². The molecule has 0 fully saturated rings. The van der Waals surface area contributed by atoms with Crippen molar-refractivity contribution >= 4 is 11.6 Å². The van der Waals surface area contributed by atoms with Crippen LogP contribution in [0.5, 0.6) is 0 Å². The van der Waals surface area contributed by atoms with E-state index in [0.29, 0.717) is 6.54 Å². The molecule has 3 nitrogen and oxygen atoms in total. The Morgan fingerprint density at radius 2 is 1.72 bits per heavy atom. The highest BCUT2D eigenvalue weighted by Crippen LogP contribution is 2.23. The van der Waals surface area contributed by atoms with Gasteiger partial charge in [-0.05, 0) is 37.0 Å². The molecule has 0 saturated carbocycles. The number of rotatable bonds is 4. The number of carbonyl (C=O) groups excluding carboxylic acids is 1. The number of hydrogen-bond acceptors (Lipinski definition) is 2. The molecule has 0 aliphatic rings. The van der Waals surface area contributed by atoms with E-state index in [0.717, 1.165) is 5.69 Å². The van der Waals surface area contributed by atoms with Gasteiger partial charge in [-0.2, -0.15) is 0 Å². The molecule has 0 radical (unpaired) electrons. The summed E-state index contributed by atoms with van der Waals surface area (Å²) in [6.45, 7) is 10.8. The first-order valence-corrected chi connectivity index (χ1v) is 6.43. The number of amides is 1. The fraction of sp³-hybridized carbons (Fsp3) is 0.533. The van der Waals surface area contributed by atoms with Gasteiger partial charge in [-0.3, -0.25) is 4.79 Å².